The molecule has 2 aromatic heterocycles. The van der Waals surface area contributed by atoms with Gasteiger partial charge in [0.15, 0.2) is 0 Å². The minimum atomic E-state index is 0.490. The Hall–Kier alpha value is -1.58. The van der Waals surface area contributed by atoms with Crippen LogP contribution in [0.2, 0.25) is 0 Å². The number of rotatable bonds is 5. The summed E-state index contributed by atoms with van der Waals surface area (Å²) in [6.45, 7) is 7.49. The Balaban J connectivity index is 1.89. The lowest BCUT2D eigenvalue weighted by Crippen LogP contribution is -2.04. The van der Waals surface area contributed by atoms with Gasteiger partial charge in [0.1, 0.15) is 0 Å². The molecule has 2 heterocycles. The molecule has 2 rings (SSSR count). The molecular weight excluding hydrogens is 212 g/mol. The van der Waals surface area contributed by atoms with Gasteiger partial charge in [0.05, 0.1) is 5.69 Å². The lowest BCUT2D eigenvalue weighted by Gasteiger charge is -2.09. The van der Waals surface area contributed by atoms with E-state index in [0.29, 0.717) is 11.8 Å². The second-order valence-electron chi connectivity index (χ2n) is 4.86. The third-order valence-electron chi connectivity index (χ3n) is 3.10. The summed E-state index contributed by atoms with van der Waals surface area (Å²) in [6.07, 6.45) is 4.94. The highest BCUT2D eigenvalue weighted by molar-refractivity contribution is 5.05. The van der Waals surface area contributed by atoms with Crippen molar-refractivity contribution in [2.75, 3.05) is 0 Å². The van der Waals surface area contributed by atoms with Gasteiger partial charge in [-0.15, -0.1) is 0 Å². The van der Waals surface area contributed by atoms with Crippen molar-refractivity contribution >= 4 is 0 Å². The highest BCUT2D eigenvalue weighted by Gasteiger charge is 2.08. The highest BCUT2D eigenvalue weighted by Crippen LogP contribution is 2.17. The van der Waals surface area contributed by atoms with E-state index in [1.807, 2.05) is 10.7 Å². The highest BCUT2D eigenvalue weighted by atomic mass is 15.3. The van der Waals surface area contributed by atoms with Crippen LogP contribution >= 0.6 is 0 Å². The van der Waals surface area contributed by atoms with Gasteiger partial charge in [-0.25, -0.2) is 0 Å². The number of hydrogen-bond acceptors (Lipinski definition) is 2. The Kier molecular flexibility index (Phi) is 3.61. The second kappa shape index (κ2) is 5.17. The molecule has 0 aliphatic rings. The van der Waals surface area contributed by atoms with Crippen LogP contribution in [0.3, 0.4) is 0 Å². The molecule has 0 spiro atoms. The molecule has 0 aliphatic carbocycles. The number of aryl methyl sites for hydroxylation is 1. The molecule has 1 N–H and O–H groups in total. The number of hydrogen-bond donors (Lipinski definition) is 1. The molecular formula is C13H20N4. The average molecular weight is 232 g/mol. The molecule has 0 fully saturated rings. The fourth-order valence-corrected chi connectivity index (χ4v) is 1.83. The standard InChI is InChI=1S/C13H20N4/c1-10(2)12-6-9-17(16-12)8-5-11(3)13-4-7-14-15-13/h4,6-7,9-11H,5,8H2,1-3H3,(H,14,15). The summed E-state index contributed by atoms with van der Waals surface area (Å²) in [4.78, 5) is 0. The van der Waals surface area contributed by atoms with Crippen molar-refractivity contribution in [2.45, 2.75) is 45.6 Å². The van der Waals surface area contributed by atoms with E-state index in [1.54, 1.807) is 6.20 Å². The van der Waals surface area contributed by atoms with Gasteiger partial charge in [0.25, 0.3) is 0 Å². The molecule has 0 aliphatic heterocycles. The van der Waals surface area contributed by atoms with Crippen LogP contribution < -0.4 is 0 Å². The monoisotopic (exact) mass is 232 g/mol. The van der Waals surface area contributed by atoms with Crippen LogP contribution in [-0.4, -0.2) is 20.0 Å². The largest absolute Gasteiger partial charge is 0.282 e. The van der Waals surface area contributed by atoms with Crippen molar-refractivity contribution in [3.8, 4) is 0 Å². The SMILES string of the molecule is CC(C)c1ccn(CCC(C)c2ccn[nH]2)n1. The Labute approximate surface area is 102 Å². The van der Waals surface area contributed by atoms with Crippen molar-refractivity contribution < 1.29 is 0 Å². The predicted molar refractivity (Wildman–Crippen MR) is 67.9 cm³/mol. The first kappa shape index (κ1) is 11.9. The summed E-state index contributed by atoms with van der Waals surface area (Å²) in [5.74, 6) is 0.991. The number of aromatic nitrogens is 4. The van der Waals surface area contributed by atoms with Crippen LogP contribution in [-0.2, 0) is 6.54 Å². The van der Waals surface area contributed by atoms with Crippen molar-refractivity contribution in [1.29, 1.82) is 0 Å². The lowest BCUT2D eigenvalue weighted by molar-refractivity contribution is 0.520. The molecule has 0 saturated heterocycles. The zero-order valence-electron chi connectivity index (χ0n) is 10.7. The van der Waals surface area contributed by atoms with Gasteiger partial charge >= 0.3 is 0 Å². The maximum Gasteiger partial charge on any atom is 0.0649 e. The Morgan fingerprint density at radius 1 is 1.29 bits per heavy atom. The normalized spacial score (nSPS) is 13.2. The topological polar surface area (TPSA) is 46.5 Å². The van der Waals surface area contributed by atoms with Crippen LogP contribution in [0.4, 0.5) is 0 Å². The van der Waals surface area contributed by atoms with Crippen molar-refractivity contribution in [2.24, 2.45) is 0 Å². The third kappa shape index (κ3) is 2.96. The summed E-state index contributed by atoms with van der Waals surface area (Å²) < 4.78 is 2.03. The van der Waals surface area contributed by atoms with E-state index < -0.39 is 0 Å². The fourth-order valence-electron chi connectivity index (χ4n) is 1.83. The van der Waals surface area contributed by atoms with Gasteiger partial charge in [0, 0.05) is 24.6 Å². The Bertz CT molecular complexity index is 442. The van der Waals surface area contributed by atoms with Gasteiger partial charge in [-0.3, -0.25) is 9.78 Å². The molecule has 0 radical (unpaired) electrons. The van der Waals surface area contributed by atoms with Gasteiger partial charge in [-0.1, -0.05) is 20.8 Å². The van der Waals surface area contributed by atoms with Crippen LogP contribution in [0.15, 0.2) is 24.5 Å². The molecule has 2 aromatic rings. The van der Waals surface area contributed by atoms with Crippen molar-refractivity contribution in [3.63, 3.8) is 0 Å². The quantitative estimate of drug-likeness (QED) is 0.861. The van der Waals surface area contributed by atoms with Crippen LogP contribution in [0, 0.1) is 0 Å². The third-order valence-corrected chi connectivity index (χ3v) is 3.10. The molecule has 0 bridgehead atoms. The molecule has 4 nitrogen and oxygen atoms in total. The number of H-pyrrole nitrogens is 1. The summed E-state index contributed by atoms with van der Waals surface area (Å²) >= 11 is 0. The molecule has 1 unspecified atom stereocenters. The summed E-state index contributed by atoms with van der Waals surface area (Å²) in [5, 5.41) is 11.5. The minimum absolute atomic E-state index is 0.490. The molecule has 4 heteroatoms. The van der Waals surface area contributed by atoms with Gasteiger partial charge < -0.3 is 0 Å². The summed E-state index contributed by atoms with van der Waals surface area (Å²) in [6, 6.07) is 4.14. The maximum atomic E-state index is 4.55. The van der Waals surface area contributed by atoms with E-state index in [4.69, 9.17) is 0 Å². The van der Waals surface area contributed by atoms with Crippen LogP contribution in [0.25, 0.3) is 0 Å². The average Bonchev–Trinajstić information content (AvgIpc) is 2.97. The molecule has 0 amide bonds. The van der Waals surface area contributed by atoms with E-state index in [9.17, 15) is 0 Å². The van der Waals surface area contributed by atoms with E-state index >= 15 is 0 Å². The lowest BCUT2D eigenvalue weighted by atomic mass is 10.0. The van der Waals surface area contributed by atoms with E-state index in [2.05, 4.69) is 48.3 Å². The van der Waals surface area contributed by atoms with E-state index in [0.717, 1.165) is 13.0 Å². The number of aromatic amines is 1. The van der Waals surface area contributed by atoms with Crippen LogP contribution in [0.5, 0.6) is 0 Å². The smallest absolute Gasteiger partial charge is 0.0649 e. The fraction of sp³-hybridized carbons (Fsp3) is 0.538. The molecule has 92 valence electrons. The first-order chi connectivity index (χ1) is 8.16. The zero-order valence-corrected chi connectivity index (χ0v) is 10.7. The zero-order chi connectivity index (χ0) is 12.3. The van der Waals surface area contributed by atoms with Crippen molar-refractivity contribution in [3.05, 3.63) is 35.9 Å². The Morgan fingerprint density at radius 2 is 2.12 bits per heavy atom. The first-order valence-corrected chi connectivity index (χ1v) is 6.19. The van der Waals surface area contributed by atoms with Gasteiger partial charge in [0.2, 0.25) is 0 Å². The molecule has 0 aromatic carbocycles. The van der Waals surface area contributed by atoms with E-state index in [1.165, 1.54) is 11.4 Å². The van der Waals surface area contributed by atoms with Crippen molar-refractivity contribution in [1.82, 2.24) is 20.0 Å². The maximum absolute atomic E-state index is 4.55. The Morgan fingerprint density at radius 3 is 2.71 bits per heavy atom. The van der Waals surface area contributed by atoms with Crippen LogP contribution in [0.1, 0.15) is 50.4 Å². The number of nitrogens with one attached hydrogen (secondary N) is 1. The molecule has 17 heavy (non-hydrogen) atoms. The van der Waals surface area contributed by atoms with E-state index in [-0.39, 0.29) is 0 Å². The number of nitrogens with zero attached hydrogens (tertiary/aromatic N) is 3. The molecule has 0 saturated carbocycles. The second-order valence-corrected chi connectivity index (χ2v) is 4.86. The van der Waals surface area contributed by atoms with Gasteiger partial charge in [-0.05, 0) is 30.4 Å². The summed E-state index contributed by atoms with van der Waals surface area (Å²) in [7, 11) is 0. The molecule has 1 atom stereocenters. The van der Waals surface area contributed by atoms with Gasteiger partial charge in [-0.2, -0.15) is 10.2 Å². The predicted octanol–water partition coefficient (Wildman–Crippen LogP) is 2.92. The minimum Gasteiger partial charge on any atom is -0.282 e. The first-order valence-electron chi connectivity index (χ1n) is 6.19. The summed E-state index contributed by atoms with van der Waals surface area (Å²) in [5.41, 5.74) is 2.36.